The molecule has 0 aliphatic heterocycles. The third kappa shape index (κ3) is 4.40. The van der Waals surface area contributed by atoms with E-state index in [0.29, 0.717) is 12.2 Å². The first-order valence-electron chi connectivity index (χ1n) is 7.86. The van der Waals surface area contributed by atoms with Gasteiger partial charge < -0.3 is 14.9 Å². The van der Waals surface area contributed by atoms with E-state index in [2.05, 4.69) is 15.5 Å². The minimum Gasteiger partial charge on any atom is -0.379 e. The van der Waals surface area contributed by atoms with E-state index in [1.54, 1.807) is 6.07 Å². The number of aliphatic hydroxyl groups is 1. The molecule has 0 fully saturated rings. The van der Waals surface area contributed by atoms with Crippen LogP contribution in [0.25, 0.3) is 0 Å². The Kier molecular flexibility index (Phi) is 5.22. The molecule has 1 atom stereocenters. The molecule has 0 spiro atoms. The van der Waals surface area contributed by atoms with Gasteiger partial charge >= 0.3 is 6.18 Å². The summed E-state index contributed by atoms with van der Waals surface area (Å²) in [5, 5.41) is 16.2. The van der Waals surface area contributed by atoms with Crippen LogP contribution in [0.2, 0.25) is 0 Å². The number of nitrogens with zero attached hydrogens (tertiary/aromatic N) is 2. The fraction of sp³-hybridized carbons (Fsp3) is 0.222. The average Bonchev–Trinajstić information content (AvgIpc) is 3.07. The zero-order chi connectivity index (χ0) is 18.6. The zero-order valence-electron chi connectivity index (χ0n) is 13.6. The van der Waals surface area contributed by atoms with Crippen molar-refractivity contribution >= 4 is 5.69 Å². The molecule has 2 N–H and O–H groups in total. The molecule has 0 bridgehead atoms. The molecule has 0 saturated carbocycles. The Labute approximate surface area is 147 Å². The maximum atomic E-state index is 12.8. The first-order chi connectivity index (χ1) is 12.4. The summed E-state index contributed by atoms with van der Waals surface area (Å²) in [6, 6.07) is 15.2. The maximum absolute atomic E-state index is 12.8. The summed E-state index contributed by atoms with van der Waals surface area (Å²) in [5.74, 6) is 0.726. The highest BCUT2D eigenvalue weighted by Crippen LogP contribution is 2.36. The van der Waals surface area contributed by atoms with Crippen LogP contribution in [0.3, 0.4) is 0 Å². The Bertz CT molecular complexity index is 850. The summed E-state index contributed by atoms with van der Waals surface area (Å²) >= 11 is 0. The summed E-state index contributed by atoms with van der Waals surface area (Å²) in [5.41, 5.74) is 0.913. The fourth-order valence-electron chi connectivity index (χ4n) is 2.46. The van der Waals surface area contributed by atoms with Crippen LogP contribution in [0.4, 0.5) is 18.9 Å². The van der Waals surface area contributed by atoms with Crippen LogP contribution in [0.15, 0.2) is 59.1 Å². The second-order valence-corrected chi connectivity index (χ2v) is 5.65. The van der Waals surface area contributed by atoms with Gasteiger partial charge in [0, 0.05) is 17.7 Å². The smallest absolute Gasteiger partial charge is 0.379 e. The normalized spacial score (nSPS) is 12.8. The standard InChI is InChI=1S/C18H16F3N3O2/c19-18(20,21)17(25)13-8-4-5-9-14(13)22-11-16-23-15(24-26-16)10-12-6-2-1-3-7-12/h1-9,17,22,25H,10-11H2. The Hall–Kier alpha value is -2.87. The highest BCUT2D eigenvalue weighted by Gasteiger charge is 2.40. The van der Waals surface area contributed by atoms with Crippen LogP contribution in [0.5, 0.6) is 0 Å². The molecule has 2 aromatic carbocycles. The molecular weight excluding hydrogens is 347 g/mol. The Balaban J connectivity index is 1.67. The topological polar surface area (TPSA) is 71.2 Å². The van der Waals surface area contributed by atoms with Gasteiger partial charge in [0.2, 0.25) is 5.89 Å². The summed E-state index contributed by atoms with van der Waals surface area (Å²) in [4.78, 5) is 4.22. The van der Waals surface area contributed by atoms with E-state index in [-0.39, 0.29) is 23.7 Å². The second kappa shape index (κ2) is 7.57. The third-order valence-electron chi connectivity index (χ3n) is 3.71. The van der Waals surface area contributed by atoms with E-state index in [0.717, 1.165) is 5.56 Å². The van der Waals surface area contributed by atoms with Gasteiger partial charge in [0.15, 0.2) is 11.9 Å². The minimum atomic E-state index is -4.74. The van der Waals surface area contributed by atoms with Crippen LogP contribution in [-0.2, 0) is 13.0 Å². The van der Waals surface area contributed by atoms with Crippen molar-refractivity contribution in [1.29, 1.82) is 0 Å². The molecule has 3 aromatic rings. The third-order valence-corrected chi connectivity index (χ3v) is 3.71. The average molecular weight is 363 g/mol. The molecule has 1 aromatic heterocycles. The molecular formula is C18H16F3N3O2. The number of aromatic nitrogens is 2. The lowest BCUT2D eigenvalue weighted by atomic mass is 10.1. The van der Waals surface area contributed by atoms with E-state index in [4.69, 9.17) is 4.52 Å². The number of anilines is 1. The maximum Gasteiger partial charge on any atom is 0.418 e. The van der Waals surface area contributed by atoms with Crippen molar-refractivity contribution in [2.75, 3.05) is 5.32 Å². The van der Waals surface area contributed by atoms with E-state index in [9.17, 15) is 18.3 Å². The number of alkyl halides is 3. The Morgan fingerprint density at radius 1 is 1.04 bits per heavy atom. The first-order valence-corrected chi connectivity index (χ1v) is 7.86. The van der Waals surface area contributed by atoms with Gasteiger partial charge in [0.25, 0.3) is 0 Å². The molecule has 0 aliphatic carbocycles. The van der Waals surface area contributed by atoms with Crippen molar-refractivity contribution in [2.45, 2.75) is 25.2 Å². The number of halogens is 3. The van der Waals surface area contributed by atoms with Crippen molar-refractivity contribution in [3.8, 4) is 0 Å². The lowest BCUT2D eigenvalue weighted by Gasteiger charge is -2.18. The molecule has 0 amide bonds. The van der Waals surface area contributed by atoms with Crippen LogP contribution in [0, 0.1) is 0 Å². The zero-order valence-corrected chi connectivity index (χ0v) is 13.6. The number of para-hydroxylation sites is 1. The van der Waals surface area contributed by atoms with Crippen molar-refractivity contribution in [1.82, 2.24) is 10.1 Å². The largest absolute Gasteiger partial charge is 0.418 e. The predicted molar refractivity (Wildman–Crippen MR) is 88.3 cm³/mol. The van der Waals surface area contributed by atoms with Crippen LogP contribution < -0.4 is 5.32 Å². The Morgan fingerprint density at radius 3 is 2.46 bits per heavy atom. The van der Waals surface area contributed by atoms with Crippen LogP contribution >= 0.6 is 0 Å². The highest BCUT2D eigenvalue weighted by atomic mass is 19.4. The van der Waals surface area contributed by atoms with E-state index < -0.39 is 12.3 Å². The van der Waals surface area contributed by atoms with Crippen molar-refractivity contribution in [3.63, 3.8) is 0 Å². The quantitative estimate of drug-likeness (QED) is 0.696. The molecule has 0 saturated heterocycles. The number of rotatable bonds is 6. The lowest BCUT2D eigenvalue weighted by Crippen LogP contribution is -2.21. The minimum absolute atomic E-state index is 0.0450. The van der Waals surface area contributed by atoms with Crippen molar-refractivity contribution in [3.05, 3.63) is 77.4 Å². The summed E-state index contributed by atoms with van der Waals surface area (Å²) in [7, 11) is 0. The number of hydrogen-bond acceptors (Lipinski definition) is 5. The Morgan fingerprint density at radius 2 is 1.73 bits per heavy atom. The van der Waals surface area contributed by atoms with Gasteiger partial charge in [-0.3, -0.25) is 0 Å². The molecule has 136 valence electrons. The van der Waals surface area contributed by atoms with Gasteiger partial charge in [-0.15, -0.1) is 0 Å². The van der Waals surface area contributed by atoms with E-state index in [1.807, 2.05) is 30.3 Å². The lowest BCUT2D eigenvalue weighted by molar-refractivity contribution is -0.206. The SMILES string of the molecule is OC(c1ccccc1NCc1nc(Cc2ccccc2)no1)C(F)(F)F. The van der Waals surface area contributed by atoms with Crippen LogP contribution in [0.1, 0.15) is 28.9 Å². The van der Waals surface area contributed by atoms with Crippen LogP contribution in [-0.4, -0.2) is 21.4 Å². The van der Waals surface area contributed by atoms with Gasteiger partial charge in [-0.2, -0.15) is 18.2 Å². The highest BCUT2D eigenvalue weighted by molar-refractivity contribution is 5.52. The molecule has 26 heavy (non-hydrogen) atoms. The molecule has 0 radical (unpaired) electrons. The van der Waals surface area contributed by atoms with Gasteiger partial charge in [-0.25, -0.2) is 0 Å². The van der Waals surface area contributed by atoms with E-state index >= 15 is 0 Å². The second-order valence-electron chi connectivity index (χ2n) is 5.65. The number of aliphatic hydroxyl groups excluding tert-OH is 1. The number of nitrogens with one attached hydrogen (secondary N) is 1. The number of hydrogen-bond donors (Lipinski definition) is 2. The van der Waals surface area contributed by atoms with Gasteiger partial charge in [0.1, 0.15) is 0 Å². The van der Waals surface area contributed by atoms with Crippen molar-refractivity contribution in [2.24, 2.45) is 0 Å². The van der Waals surface area contributed by atoms with Gasteiger partial charge in [-0.05, 0) is 11.6 Å². The molecule has 1 heterocycles. The fourth-order valence-corrected chi connectivity index (χ4v) is 2.46. The molecule has 3 rings (SSSR count). The molecule has 0 aliphatic rings. The summed E-state index contributed by atoms with van der Waals surface area (Å²) in [6.07, 6.45) is -6.82. The van der Waals surface area contributed by atoms with Gasteiger partial charge in [-0.1, -0.05) is 53.7 Å². The summed E-state index contributed by atoms with van der Waals surface area (Å²) < 4.78 is 43.4. The van der Waals surface area contributed by atoms with Crippen molar-refractivity contribution < 1.29 is 22.8 Å². The molecule has 5 nitrogen and oxygen atoms in total. The molecule has 8 heteroatoms. The molecule has 1 unspecified atom stereocenters. The summed E-state index contributed by atoms with van der Waals surface area (Å²) in [6.45, 7) is 0.0450. The monoisotopic (exact) mass is 363 g/mol. The number of benzene rings is 2. The van der Waals surface area contributed by atoms with E-state index in [1.165, 1.54) is 18.2 Å². The van der Waals surface area contributed by atoms with Gasteiger partial charge in [0.05, 0.1) is 6.54 Å². The first kappa shape index (κ1) is 17.9. The predicted octanol–water partition coefficient (Wildman–Crippen LogP) is 3.87.